The van der Waals surface area contributed by atoms with E-state index in [9.17, 15) is 18.0 Å². The van der Waals surface area contributed by atoms with Gasteiger partial charge in [0.1, 0.15) is 0 Å². The number of amides is 1. The molecule has 7 nitrogen and oxygen atoms in total. The molecule has 0 spiro atoms. The molecule has 0 aliphatic rings. The molecule has 2 aromatic carbocycles. The quantitative estimate of drug-likeness (QED) is 0.369. The number of benzene rings is 2. The fourth-order valence-electron chi connectivity index (χ4n) is 2.37. The zero-order valence-corrected chi connectivity index (χ0v) is 19.5. The second kappa shape index (κ2) is 9.34. The summed E-state index contributed by atoms with van der Waals surface area (Å²) in [7, 11) is -4.01. The minimum atomic E-state index is -4.01. The summed E-state index contributed by atoms with van der Waals surface area (Å²) in [5.74, 6) is -0.359. The maximum atomic E-state index is 12.6. The van der Waals surface area contributed by atoms with Crippen LogP contribution < -0.4 is 10.9 Å². The first-order valence-corrected chi connectivity index (χ1v) is 12.1. The van der Waals surface area contributed by atoms with Crippen LogP contribution in [-0.2, 0) is 14.6 Å². The second-order valence-electron chi connectivity index (χ2n) is 6.14. The van der Waals surface area contributed by atoms with Crippen LogP contribution in [0.4, 0.5) is 5.69 Å². The van der Waals surface area contributed by atoms with E-state index in [1.165, 1.54) is 12.1 Å². The van der Waals surface area contributed by atoms with E-state index in [0.29, 0.717) is 15.2 Å². The van der Waals surface area contributed by atoms with Gasteiger partial charge >= 0.3 is 0 Å². The molecule has 0 atom stereocenters. The third kappa shape index (κ3) is 5.31. The molecule has 0 aliphatic heterocycles. The van der Waals surface area contributed by atoms with Gasteiger partial charge in [0, 0.05) is 15.2 Å². The molecular formula is C19H15BrClN3O4S2. The first kappa shape index (κ1) is 22.5. The summed E-state index contributed by atoms with van der Waals surface area (Å²) in [5, 5.41) is 3.36. The third-order valence-electron chi connectivity index (χ3n) is 3.95. The molecule has 0 saturated heterocycles. The van der Waals surface area contributed by atoms with E-state index in [0.717, 1.165) is 23.5 Å². The van der Waals surface area contributed by atoms with Crippen molar-refractivity contribution >= 4 is 60.7 Å². The highest BCUT2D eigenvalue weighted by Crippen LogP contribution is 2.22. The Hall–Kier alpha value is -2.14. The summed E-state index contributed by atoms with van der Waals surface area (Å²) in [6, 6.07) is 11.1. The van der Waals surface area contributed by atoms with E-state index in [1.54, 1.807) is 30.3 Å². The van der Waals surface area contributed by atoms with E-state index in [4.69, 9.17) is 11.6 Å². The van der Waals surface area contributed by atoms with Crippen LogP contribution in [0, 0.1) is 6.92 Å². The minimum Gasteiger partial charge on any atom is -0.325 e. The average Bonchev–Trinajstić information content (AvgIpc) is 2.69. The third-order valence-corrected chi connectivity index (χ3v) is 7.54. The number of aromatic amines is 1. The van der Waals surface area contributed by atoms with Crippen LogP contribution in [0.25, 0.3) is 0 Å². The Kier molecular flexibility index (Phi) is 7.02. The largest absolute Gasteiger partial charge is 0.325 e. The molecule has 0 bridgehead atoms. The minimum absolute atomic E-state index is 0.0189. The van der Waals surface area contributed by atoms with Gasteiger partial charge in [0.05, 0.1) is 16.8 Å². The van der Waals surface area contributed by atoms with Gasteiger partial charge in [0.25, 0.3) is 5.56 Å². The molecule has 0 saturated carbocycles. The lowest BCUT2D eigenvalue weighted by Crippen LogP contribution is -2.20. The summed E-state index contributed by atoms with van der Waals surface area (Å²) in [6.45, 7) is 1.85. The number of nitrogens with zero attached hydrogens (tertiary/aromatic N) is 1. The summed E-state index contributed by atoms with van der Waals surface area (Å²) in [5.41, 5.74) is 0.638. The normalized spacial score (nSPS) is 11.3. The first-order valence-electron chi connectivity index (χ1n) is 8.45. The number of carbonyl (C=O) groups is 1. The summed E-state index contributed by atoms with van der Waals surface area (Å²) >= 11 is 10.2. The topological polar surface area (TPSA) is 109 Å². The maximum Gasteiger partial charge on any atom is 0.270 e. The van der Waals surface area contributed by atoms with Crippen molar-refractivity contribution in [3.8, 4) is 0 Å². The number of halogens is 2. The highest BCUT2D eigenvalue weighted by atomic mass is 79.9. The van der Waals surface area contributed by atoms with Crippen LogP contribution in [0.2, 0.25) is 5.02 Å². The molecular weight excluding hydrogens is 514 g/mol. The van der Waals surface area contributed by atoms with Crippen molar-refractivity contribution in [2.75, 3.05) is 11.1 Å². The van der Waals surface area contributed by atoms with Gasteiger partial charge in [-0.2, -0.15) is 0 Å². The van der Waals surface area contributed by atoms with Gasteiger partial charge in [-0.3, -0.25) is 9.59 Å². The van der Waals surface area contributed by atoms with E-state index >= 15 is 0 Å². The van der Waals surface area contributed by atoms with E-state index < -0.39 is 20.3 Å². The Morgan fingerprint density at radius 1 is 1.23 bits per heavy atom. The van der Waals surface area contributed by atoms with Crippen molar-refractivity contribution < 1.29 is 13.2 Å². The molecule has 0 unspecified atom stereocenters. The van der Waals surface area contributed by atoms with Crippen molar-refractivity contribution in [2.45, 2.75) is 21.9 Å². The Bertz CT molecular complexity index is 1260. The van der Waals surface area contributed by atoms with Crippen molar-refractivity contribution in [1.82, 2.24) is 9.97 Å². The van der Waals surface area contributed by atoms with Crippen LogP contribution in [-0.4, -0.2) is 30.0 Å². The molecule has 1 heterocycles. The van der Waals surface area contributed by atoms with Crippen molar-refractivity contribution in [1.29, 1.82) is 0 Å². The van der Waals surface area contributed by atoms with Gasteiger partial charge in [-0.15, -0.1) is 0 Å². The van der Waals surface area contributed by atoms with E-state index in [1.807, 2.05) is 6.92 Å². The number of aromatic nitrogens is 2. The fourth-order valence-corrected chi connectivity index (χ4v) is 4.69. The zero-order chi connectivity index (χ0) is 21.9. The molecule has 0 fully saturated rings. The predicted octanol–water partition coefficient (Wildman–Crippen LogP) is 4.06. The monoisotopic (exact) mass is 527 g/mol. The number of hydrogen-bond donors (Lipinski definition) is 2. The predicted molar refractivity (Wildman–Crippen MR) is 120 cm³/mol. The van der Waals surface area contributed by atoms with Gasteiger partial charge in [-0.05, 0) is 48.9 Å². The summed E-state index contributed by atoms with van der Waals surface area (Å²) in [4.78, 5) is 30.3. The van der Waals surface area contributed by atoms with Crippen LogP contribution in [0.5, 0.6) is 0 Å². The van der Waals surface area contributed by atoms with Crippen molar-refractivity contribution in [2.24, 2.45) is 0 Å². The highest BCUT2D eigenvalue weighted by Gasteiger charge is 2.22. The number of nitrogens with one attached hydrogen (secondary N) is 2. The highest BCUT2D eigenvalue weighted by molar-refractivity contribution is 9.10. The van der Waals surface area contributed by atoms with Gasteiger partial charge in [-0.1, -0.05) is 45.4 Å². The molecule has 1 aromatic heterocycles. The number of H-pyrrole nitrogens is 1. The Labute approximate surface area is 190 Å². The fraction of sp³-hybridized carbons (Fsp3) is 0.105. The molecule has 3 rings (SSSR count). The standard InChI is InChI=1S/C19H15BrClN3O4S2/c1-11-2-5-13(8-15(11)21)23-17(25)10-29-19-22-9-16(18(26)24-19)30(27,28)14-6-3-12(20)4-7-14/h2-9H,10H2,1H3,(H,23,25)(H,22,24,26). The molecule has 156 valence electrons. The number of sulfone groups is 1. The number of rotatable bonds is 6. The van der Waals surface area contributed by atoms with Crippen LogP contribution in [0.1, 0.15) is 5.56 Å². The van der Waals surface area contributed by atoms with Gasteiger partial charge in [0.15, 0.2) is 10.1 Å². The van der Waals surface area contributed by atoms with Gasteiger partial charge < -0.3 is 10.3 Å². The molecule has 2 N–H and O–H groups in total. The zero-order valence-electron chi connectivity index (χ0n) is 15.5. The molecule has 1 amide bonds. The smallest absolute Gasteiger partial charge is 0.270 e. The Morgan fingerprint density at radius 3 is 2.57 bits per heavy atom. The lowest BCUT2D eigenvalue weighted by atomic mass is 10.2. The van der Waals surface area contributed by atoms with Crippen LogP contribution in [0.3, 0.4) is 0 Å². The lowest BCUT2D eigenvalue weighted by Gasteiger charge is -2.07. The first-order chi connectivity index (χ1) is 14.2. The van der Waals surface area contributed by atoms with Gasteiger partial charge in [0.2, 0.25) is 15.7 Å². The van der Waals surface area contributed by atoms with E-state index in [-0.39, 0.29) is 21.7 Å². The SMILES string of the molecule is Cc1ccc(NC(=O)CSc2ncc(S(=O)(=O)c3ccc(Br)cc3)c(=O)[nH]2)cc1Cl. The van der Waals surface area contributed by atoms with Crippen molar-refractivity contribution in [3.05, 3.63) is 74.1 Å². The Morgan fingerprint density at radius 2 is 1.93 bits per heavy atom. The van der Waals surface area contributed by atoms with Gasteiger partial charge in [-0.25, -0.2) is 13.4 Å². The summed E-state index contributed by atoms with van der Waals surface area (Å²) < 4.78 is 26.0. The molecule has 0 aliphatic carbocycles. The lowest BCUT2D eigenvalue weighted by molar-refractivity contribution is -0.113. The van der Waals surface area contributed by atoms with Crippen LogP contribution >= 0.6 is 39.3 Å². The van der Waals surface area contributed by atoms with Crippen LogP contribution in [0.15, 0.2) is 72.9 Å². The average molecular weight is 529 g/mol. The number of hydrogen-bond acceptors (Lipinski definition) is 6. The van der Waals surface area contributed by atoms with Crippen molar-refractivity contribution in [3.63, 3.8) is 0 Å². The number of thioether (sulfide) groups is 1. The molecule has 11 heteroatoms. The molecule has 0 radical (unpaired) electrons. The Balaban J connectivity index is 1.69. The maximum absolute atomic E-state index is 12.6. The molecule has 3 aromatic rings. The molecule has 30 heavy (non-hydrogen) atoms. The van der Waals surface area contributed by atoms with E-state index in [2.05, 4.69) is 31.2 Å². The number of carbonyl (C=O) groups excluding carboxylic acids is 1. The number of aryl methyl sites for hydroxylation is 1. The number of anilines is 1. The summed E-state index contributed by atoms with van der Waals surface area (Å²) in [6.07, 6.45) is 0.996. The second-order valence-corrected chi connectivity index (χ2v) is 10.3.